The molecule has 0 amide bonds. The average Bonchev–Trinajstić information content (AvgIpc) is 2.32. The van der Waals surface area contributed by atoms with Crippen LogP contribution in [0.1, 0.15) is 5.56 Å². The molecule has 0 aliphatic rings. The fourth-order valence-electron chi connectivity index (χ4n) is 1.85. The van der Waals surface area contributed by atoms with Gasteiger partial charge < -0.3 is 16.4 Å². The molecule has 0 spiro atoms. The number of benzene rings is 2. The number of nitrogen functional groups attached to an aromatic ring is 2. The predicted octanol–water partition coefficient (Wildman–Crippen LogP) is 2.93. The average molecular weight is 227 g/mol. The third kappa shape index (κ3) is 2.18. The number of hydrogen-bond acceptors (Lipinski definition) is 3. The molecule has 2 aromatic carbocycles. The molecule has 0 saturated carbocycles. The highest BCUT2D eigenvalue weighted by Crippen LogP contribution is 2.29. The quantitative estimate of drug-likeness (QED) is 0.775. The first-order valence-corrected chi connectivity index (χ1v) is 5.54. The Morgan fingerprint density at radius 2 is 1.65 bits per heavy atom. The molecule has 0 heterocycles. The fourth-order valence-corrected chi connectivity index (χ4v) is 1.85. The van der Waals surface area contributed by atoms with Gasteiger partial charge >= 0.3 is 0 Å². The Bertz CT molecular complexity index is 535. The predicted molar refractivity (Wildman–Crippen MR) is 74.5 cm³/mol. The van der Waals surface area contributed by atoms with Gasteiger partial charge in [0, 0.05) is 18.4 Å². The van der Waals surface area contributed by atoms with Crippen LogP contribution >= 0.6 is 0 Å². The third-order valence-electron chi connectivity index (χ3n) is 2.93. The van der Waals surface area contributed by atoms with Crippen molar-refractivity contribution in [2.75, 3.05) is 23.4 Å². The summed E-state index contributed by atoms with van der Waals surface area (Å²) in [5.74, 6) is 0. The summed E-state index contributed by atoms with van der Waals surface area (Å²) in [6.07, 6.45) is 0. The Labute approximate surface area is 102 Å². The van der Waals surface area contributed by atoms with Gasteiger partial charge in [-0.1, -0.05) is 18.2 Å². The van der Waals surface area contributed by atoms with E-state index in [1.807, 2.05) is 37.4 Å². The maximum atomic E-state index is 5.82. The molecule has 0 aromatic heterocycles. The monoisotopic (exact) mass is 227 g/mol. The molecular weight excluding hydrogens is 210 g/mol. The lowest BCUT2D eigenvalue weighted by atomic mass is 10.1. The van der Waals surface area contributed by atoms with Crippen LogP contribution in [0.15, 0.2) is 42.5 Å². The number of nitrogens with two attached hydrogens (primary N) is 2. The molecule has 17 heavy (non-hydrogen) atoms. The van der Waals surface area contributed by atoms with E-state index in [9.17, 15) is 0 Å². The second-order valence-electron chi connectivity index (χ2n) is 4.16. The summed E-state index contributed by atoms with van der Waals surface area (Å²) in [4.78, 5) is 2.10. The molecule has 0 fully saturated rings. The largest absolute Gasteiger partial charge is 0.397 e. The second-order valence-corrected chi connectivity index (χ2v) is 4.16. The van der Waals surface area contributed by atoms with E-state index in [1.54, 1.807) is 0 Å². The molecule has 0 atom stereocenters. The van der Waals surface area contributed by atoms with Crippen molar-refractivity contribution in [2.45, 2.75) is 6.92 Å². The smallest absolute Gasteiger partial charge is 0.0568 e. The summed E-state index contributed by atoms with van der Waals surface area (Å²) in [5, 5.41) is 0. The van der Waals surface area contributed by atoms with Crippen molar-refractivity contribution in [3.8, 4) is 0 Å². The van der Waals surface area contributed by atoms with Crippen molar-refractivity contribution in [3.63, 3.8) is 0 Å². The van der Waals surface area contributed by atoms with Crippen LogP contribution in [0.5, 0.6) is 0 Å². The van der Waals surface area contributed by atoms with Crippen molar-refractivity contribution in [1.82, 2.24) is 0 Å². The number of nitrogens with zero attached hydrogens (tertiary/aromatic N) is 1. The van der Waals surface area contributed by atoms with Gasteiger partial charge in [-0.25, -0.2) is 0 Å². The highest BCUT2D eigenvalue weighted by Gasteiger charge is 2.07. The lowest BCUT2D eigenvalue weighted by Crippen LogP contribution is -2.11. The summed E-state index contributed by atoms with van der Waals surface area (Å²) >= 11 is 0. The summed E-state index contributed by atoms with van der Waals surface area (Å²) in [6.45, 7) is 2.09. The molecule has 0 unspecified atom stereocenters. The van der Waals surface area contributed by atoms with Crippen LogP contribution in [-0.4, -0.2) is 7.05 Å². The van der Waals surface area contributed by atoms with Crippen LogP contribution in [0.4, 0.5) is 22.7 Å². The number of para-hydroxylation sites is 1. The van der Waals surface area contributed by atoms with Gasteiger partial charge in [0.2, 0.25) is 0 Å². The number of rotatable bonds is 2. The molecule has 0 aliphatic heterocycles. The van der Waals surface area contributed by atoms with E-state index in [0.717, 1.165) is 11.4 Å². The van der Waals surface area contributed by atoms with Crippen LogP contribution in [0.3, 0.4) is 0 Å². The van der Waals surface area contributed by atoms with Crippen LogP contribution in [0, 0.1) is 6.92 Å². The third-order valence-corrected chi connectivity index (χ3v) is 2.93. The fraction of sp³-hybridized carbons (Fsp3) is 0.143. The van der Waals surface area contributed by atoms with Gasteiger partial charge in [0.15, 0.2) is 0 Å². The Balaban J connectivity index is 2.40. The van der Waals surface area contributed by atoms with Gasteiger partial charge in [0.25, 0.3) is 0 Å². The molecule has 0 aliphatic carbocycles. The summed E-state index contributed by atoms with van der Waals surface area (Å²) in [7, 11) is 2.02. The summed E-state index contributed by atoms with van der Waals surface area (Å²) < 4.78 is 0. The minimum Gasteiger partial charge on any atom is -0.397 e. The van der Waals surface area contributed by atoms with Crippen LogP contribution in [0.2, 0.25) is 0 Å². The van der Waals surface area contributed by atoms with Crippen molar-refractivity contribution < 1.29 is 0 Å². The molecule has 0 bridgehead atoms. The van der Waals surface area contributed by atoms with Gasteiger partial charge in [-0.15, -0.1) is 0 Å². The Morgan fingerprint density at radius 1 is 0.941 bits per heavy atom. The summed E-state index contributed by atoms with van der Waals surface area (Å²) in [6, 6.07) is 13.9. The Kier molecular flexibility index (Phi) is 2.91. The zero-order valence-corrected chi connectivity index (χ0v) is 10.1. The van der Waals surface area contributed by atoms with Crippen molar-refractivity contribution in [2.24, 2.45) is 0 Å². The second kappa shape index (κ2) is 4.37. The first-order valence-electron chi connectivity index (χ1n) is 5.54. The number of aryl methyl sites for hydroxylation is 1. The minimum atomic E-state index is 0.614. The van der Waals surface area contributed by atoms with Gasteiger partial charge in [0.05, 0.1) is 11.4 Å². The van der Waals surface area contributed by atoms with E-state index < -0.39 is 0 Å². The molecule has 0 saturated heterocycles. The molecule has 2 rings (SSSR count). The molecule has 3 heteroatoms. The molecule has 2 aromatic rings. The highest BCUT2D eigenvalue weighted by atomic mass is 15.1. The van der Waals surface area contributed by atoms with Gasteiger partial charge in [-0.3, -0.25) is 0 Å². The maximum absolute atomic E-state index is 5.82. The standard InChI is InChI=1S/C14H17N3/c1-10-5-3-4-6-14(10)17(2)11-7-8-12(15)13(16)9-11/h3-9H,15-16H2,1-2H3. The van der Waals surface area contributed by atoms with E-state index in [4.69, 9.17) is 11.5 Å². The number of hydrogen-bond donors (Lipinski definition) is 2. The van der Waals surface area contributed by atoms with Crippen molar-refractivity contribution in [1.29, 1.82) is 0 Å². The van der Waals surface area contributed by atoms with Crippen molar-refractivity contribution in [3.05, 3.63) is 48.0 Å². The van der Waals surface area contributed by atoms with E-state index in [0.29, 0.717) is 11.4 Å². The topological polar surface area (TPSA) is 55.3 Å². The van der Waals surface area contributed by atoms with E-state index in [2.05, 4.69) is 24.0 Å². The first-order chi connectivity index (χ1) is 8.09. The van der Waals surface area contributed by atoms with Crippen LogP contribution in [0.25, 0.3) is 0 Å². The zero-order valence-electron chi connectivity index (χ0n) is 10.1. The van der Waals surface area contributed by atoms with Crippen LogP contribution in [-0.2, 0) is 0 Å². The zero-order chi connectivity index (χ0) is 12.4. The van der Waals surface area contributed by atoms with Gasteiger partial charge in [-0.05, 0) is 36.8 Å². The molecule has 3 nitrogen and oxygen atoms in total. The first kappa shape index (κ1) is 11.3. The molecule has 4 N–H and O–H groups in total. The number of anilines is 4. The van der Waals surface area contributed by atoms with E-state index in [-0.39, 0.29) is 0 Å². The molecule has 88 valence electrons. The van der Waals surface area contributed by atoms with Crippen molar-refractivity contribution >= 4 is 22.7 Å². The van der Waals surface area contributed by atoms with E-state index >= 15 is 0 Å². The van der Waals surface area contributed by atoms with Crippen LogP contribution < -0.4 is 16.4 Å². The Hall–Kier alpha value is -2.16. The van der Waals surface area contributed by atoms with Gasteiger partial charge in [-0.2, -0.15) is 0 Å². The normalized spacial score (nSPS) is 10.2. The van der Waals surface area contributed by atoms with E-state index in [1.165, 1.54) is 5.56 Å². The lowest BCUT2D eigenvalue weighted by Gasteiger charge is -2.22. The lowest BCUT2D eigenvalue weighted by molar-refractivity contribution is 1.19. The highest BCUT2D eigenvalue weighted by molar-refractivity contribution is 5.74. The SMILES string of the molecule is Cc1ccccc1N(C)c1ccc(N)c(N)c1. The van der Waals surface area contributed by atoms with Gasteiger partial charge in [0.1, 0.15) is 0 Å². The summed E-state index contributed by atoms with van der Waals surface area (Å²) in [5.41, 5.74) is 16.2. The minimum absolute atomic E-state index is 0.614. The molecule has 0 radical (unpaired) electrons. The Morgan fingerprint density at radius 3 is 2.29 bits per heavy atom. The molecular formula is C14H17N3. The maximum Gasteiger partial charge on any atom is 0.0568 e.